The molecule has 0 unspecified atom stereocenters. The van der Waals surface area contributed by atoms with Gasteiger partial charge in [0.15, 0.2) is 0 Å². The first-order valence-corrected chi connectivity index (χ1v) is 8.36. The zero-order chi connectivity index (χ0) is 18.5. The molecule has 3 aromatic rings. The van der Waals surface area contributed by atoms with E-state index in [2.05, 4.69) is 20.2 Å². The number of anilines is 1. The summed E-state index contributed by atoms with van der Waals surface area (Å²) in [5.74, 6) is -0.801. The van der Waals surface area contributed by atoms with Crippen molar-refractivity contribution >= 4 is 29.2 Å². The van der Waals surface area contributed by atoms with E-state index in [0.717, 1.165) is 18.4 Å². The van der Waals surface area contributed by atoms with E-state index in [1.165, 1.54) is 6.20 Å². The lowest BCUT2D eigenvalue weighted by Crippen LogP contribution is -2.15. The van der Waals surface area contributed by atoms with Crippen molar-refractivity contribution in [3.63, 3.8) is 0 Å². The molecule has 2 aromatic heterocycles. The van der Waals surface area contributed by atoms with Crippen LogP contribution in [0.2, 0.25) is 10.0 Å². The molecule has 1 aliphatic rings. The van der Waals surface area contributed by atoms with Gasteiger partial charge < -0.3 is 10.2 Å². The minimum absolute atomic E-state index is 0.0525. The number of nitrogen functional groups attached to an aromatic ring is 1. The summed E-state index contributed by atoms with van der Waals surface area (Å²) in [5, 5.41) is 8.03. The van der Waals surface area contributed by atoms with Crippen molar-refractivity contribution < 1.29 is 13.2 Å². The Bertz CT molecular complexity index is 970. The van der Waals surface area contributed by atoms with Crippen LogP contribution in [0, 0.1) is 0 Å². The van der Waals surface area contributed by atoms with Crippen LogP contribution in [0.1, 0.15) is 36.4 Å². The Morgan fingerprint density at radius 2 is 1.81 bits per heavy atom. The summed E-state index contributed by atoms with van der Waals surface area (Å²) >= 11 is 12.3. The molecule has 2 N–H and O–H groups in total. The van der Waals surface area contributed by atoms with E-state index in [9.17, 15) is 8.78 Å². The van der Waals surface area contributed by atoms with E-state index >= 15 is 0 Å². The van der Waals surface area contributed by atoms with Crippen molar-refractivity contribution in [1.82, 2.24) is 20.2 Å². The number of hydrogen-bond acceptors (Lipinski definition) is 6. The number of alkyl halides is 2. The fourth-order valence-corrected chi connectivity index (χ4v) is 3.49. The predicted molar refractivity (Wildman–Crippen MR) is 91.2 cm³/mol. The van der Waals surface area contributed by atoms with Gasteiger partial charge in [0.1, 0.15) is 0 Å². The highest BCUT2D eigenvalue weighted by Crippen LogP contribution is 2.55. The number of rotatable bonds is 4. The number of nitrogens with two attached hydrogens (primary N) is 1. The summed E-state index contributed by atoms with van der Waals surface area (Å²) in [5.41, 5.74) is 6.97. The first-order chi connectivity index (χ1) is 12.4. The third-order valence-corrected chi connectivity index (χ3v) is 4.72. The van der Waals surface area contributed by atoms with Crippen LogP contribution in [0.25, 0.3) is 11.5 Å². The Balaban J connectivity index is 1.87. The van der Waals surface area contributed by atoms with Gasteiger partial charge in [0.25, 0.3) is 11.8 Å². The van der Waals surface area contributed by atoms with Crippen LogP contribution in [-0.4, -0.2) is 20.2 Å². The van der Waals surface area contributed by atoms with E-state index in [0.29, 0.717) is 21.3 Å². The lowest BCUT2D eigenvalue weighted by atomic mass is 9.89. The molecular weight excluding hydrogens is 387 g/mol. The number of nitrogens with zero attached hydrogens (tertiary/aromatic N) is 4. The van der Waals surface area contributed by atoms with E-state index in [-0.39, 0.29) is 11.8 Å². The molecule has 1 saturated carbocycles. The van der Waals surface area contributed by atoms with Gasteiger partial charge in [0, 0.05) is 21.7 Å². The van der Waals surface area contributed by atoms with Crippen molar-refractivity contribution in [2.24, 2.45) is 0 Å². The summed E-state index contributed by atoms with van der Waals surface area (Å²) in [6.07, 6.45) is 0.0366. The monoisotopic (exact) mass is 397 g/mol. The normalized spacial score (nSPS) is 15.4. The number of hydrogen-bond donors (Lipinski definition) is 1. The molecular formula is C16H11Cl2F2N5O. The molecule has 134 valence electrons. The van der Waals surface area contributed by atoms with Crippen LogP contribution >= 0.6 is 23.2 Å². The summed E-state index contributed by atoms with van der Waals surface area (Å²) in [4.78, 5) is 8.28. The smallest absolute Gasteiger partial charge is 0.314 e. The van der Waals surface area contributed by atoms with Gasteiger partial charge in [0.05, 0.1) is 11.3 Å². The Morgan fingerprint density at radius 1 is 1.12 bits per heavy atom. The summed E-state index contributed by atoms with van der Waals surface area (Å²) in [7, 11) is 0. The second-order valence-corrected chi connectivity index (χ2v) is 6.85. The van der Waals surface area contributed by atoms with Crippen molar-refractivity contribution in [1.29, 1.82) is 0 Å². The third-order valence-electron chi connectivity index (χ3n) is 4.28. The summed E-state index contributed by atoms with van der Waals surface area (Å²) in [6, 6.07) is 5.21. The van der Waals surface area contributed by atoms with Gasteiger partial charge in [-0.15, -0.1) is 10.2 Å². The average Bonchev–Trinajstić information content (AvgIpc) is 3.24. The number of benzene rings is 1. The molecule has 6 nitrogen and oxygen atoms in total. The van der Waals surface area contributed by atoms with Crippen molar-refractivity contribution in [3.8, 4) is 11.5 Å². The fraction of sp³-hybridized carbons (Fsp3) is 0.250. The molecule has 0 bridgehead atoms. The topological polar surface area (TPSA) is 90.7 Å². The quantitative estimate of drug-likeness (QED) is 0.699. The highest BCUT2D eigenvalue weighted by Gasteiger charge is 2.49. The zero-order valence-electron chi connectivity index (χ0n) is 13.1. The molecule has 1 fully saturated rings. The second kappa shape index (κ2) is 6.14. The first kappa shape index (κ1) is 17.1. The molecule has 0 radical (unpaired) electrons. The zero-order valence-corrected chi connectivity index (χ0v) is 14.6. The lowest BCUT2D eigenvalue weighted by Gasteiger charge is -2.18. The lowest BCUT2D eigenvalue weighted by molar-refractivity contribution is 0.116. The highest BCUT2D eigenvalue weighted by atomic mass is 35.5. The van der Waals surface area contributed by atoms with Crippen LogP contribution in [0.5, 0.6) is 0 Å². The Kier molecular flexibility index (Phi) is 4.04. The van der Waals surface area contributed by atoms with Crippen LogP contribution in [0.4, 0.5) is 14.7 Å². The largest absolute Gasteiger partial charge is 0.415 e. The summed E-state index contributed by atoms with van der Waals surface area (Å²) < 4.78 is 30.6. The van der Waals surface area contributed by atoms with Gasteiger partial charge >= 0.3 is 6.43 Å². The molecule has 1 aliphatic carbocycles. The Labute approximate surface area is 156 Å². The van der Waals surface area contributed by atoms with Gasteiger partial charge in [-0.05, 0) is 36.6 Å². The average molecular weight is 398 g/mol. The molecule has 1 aromatic carbocycles. The van der Waals surface area contributed by atoms with Crippen LogP contribution in [0.3, 0.4) is 0 Å². The van der Waals surface area contributed by atoms with Gasteiger partial charge in [0.2, 0.25) is 5.95 Å². The Morgan fingerprint density at radius 3 is 2.38 bits per heavy atom. The number of halogens is 4. The molecule has 26 heavy (non-hydrogen) atoms. The van der Waals surface area contributed by atoms with Crippen LogP contribution in [0.15, 0.2) is 28.8 Å². The third kappa shape index (κ3) is 2.89. The molecule has 0 saturated heterocycles. The standard InChI is InChI=1S/C16H11Cl2F2N5O/c17-8-3-7(4-9(18)5-8)16(1-2-16)11-10(6-22-15(21)23-11)13-24-25-14(26-13)12(19)20/h3-6,12H,1-2H2,(H2,21,22,23). The molecule has 0 aliphatic heterocycles. The van der Waals surface area contributed by atoms with Crippen LogP contribution < -0.4 is 5.73 Å². The van der Waals surface area contributed by atoms with E-state index in [4.69, 9.17) is 33.4 Å². The minimum atomic E-state index is -2.86. The van der Waals surface area contributed by atoms with E-state index in [1.807, 2.05) is 0 Å². The molecule has 0 atom stereocenters. The van der Waals surface area contributed by atoms with Gasteiger partial charge in [-0.1, -0.05) is 23.2 Å². The molecule has 10 heteroatoms. The highest BCUT2D eigenvalue weighted by molar-refractivity contribution is 6.34. The molecule has 0 spiro atoms. The van der Waals surface area contributed by atoms with Gasteiger partial charge in [-0.2, -0.15) is 8.78 Å². The predicted octanol–water partition coefficient (Wildman–Crippen LogP) is 4.43. The molecule has 4 rings (SSSR count). The SMILES string of the molecule is Nc1ncc(-c2nnc(C(F)F)o2)c(C2(c3cc(Cl)cc(Cl)c3)CC2)n1. The van der Waals surface area contributed by atoms with Gasteiger partial charge in [-0.3, -0.25) is 0 Å². The van der Waals surface area contributed by atoms with Crippen LogP contribution in [-0.2, 0) is 5.41 Å². The first-order valence-electron chi connectivity index (χ1n) is 7.60. The maximum absolute atomic E-state index is 12.8. The molecule has 2 heterocycles. The fourth-order valence-electron chi connectivity index (χ4n) is 2.97. The summed E-state index contributed by atoms with van der Waals surface area (Å²) in [6.45, 7) is 0. The van der Waals surface area contributed by atoms with Crippen molar-refractivity contribution in [2.45, 2.75) is 24.7 Å². The van der Waals surface area contributed by atoms with Gasteiger partial charge in [-0.25, -0.2) is 9.97 Å². The maximum atomic E-state index is 12.8. The van der Waals surface area contributed by atoms with E-state index < -0.39 is 17.7 Å². The number of aromatic nitrogens is 4. The minimum Gasteiger partial charge on any atom is -0.415 e. The van der Waals surface area contributed by atoms with Crippen molar-refractivity contribution in [2.75, 3.05) is 5.73 Å². The van der Waals surface area contributed by atoms with E-state index in [1.54, 1.807) is 18.2 Å². The second-order valence-electron chi connectivity index (χ2n) is 5.98. The van der Waals surface area contributed by atoms with Crippen molar-refractivity contribution in [3.05, 3.63) is 51.6 Å². The molecule has 0 amide bonds. The maximum Gasteiger partial charge on any atom is 0.314 e. The Hall–Kier alpha value is -2.32.